The van der Waals surface area contributed by atoms with E-state index >= 15 is 0 Å². The maximum absolute atomic E-state index is 11.8. The number of rotatable bonds is 3. The number of ether oxygens (including phenoxy) is 1. The molecule has 0 aromatic carbocycles. The molecule has 0 N–H and O–H groups in total. The van der Waals surface area contributed by atoms with E-state index in [1.165, 1.54) is 0 Å². The molecule has 0 radical (unpaired) electrons. The second kappa shape index (κ2) is 9.51. The minimum absolute atomic E-state index is 0.204. The van der Waals surface area contributed by atoms with Crippen LogP contribution in [-0.4, -0.2) is 50.1 Å². The summed E-state index contributed by atoms with van der Waals surface area (Å²) in [6.45, 7) is 18.7. The summed E-state index contributed by atoms with van der Waals surface area (Å²) >= 11 is 5.70. The fourth-order valence-corrected chi connectivity index (χ4v) is 3.06. The van der Waals surface area contributed by atoms with Crippen molar-refractivity contribution in [3.8, 4) is 0 Å². The maximum atomic E-state index is 11.8. The Morgan fingerprint density at radius 1 is 1.27 bits per heavy atom. The Balaban J connectivity index is 0.000000321. The van der Waals surface area contributed by atoms with E-state index in [1.54, 1.807) is 11.1 Å². The largest absolute Gasteiger partial charge is 0.444 e. The number of halogens is 1. The molecule has 0 unspecified atom stereocenters. The van der Waals surface area contributed by atoms with Crippen LogP contribution in [-0.2, 0) is 17.8 Å². The number of nitrogens with zero attached hydrogens (tertiary/aromatic N) is 4. The monoisotopic (exact) mass is 384 g/mol. The molecule has 148 valence electrons. The van der Waals surface area contributed by atoms with E-state index in [0.717, 1.165) is 17.8 Å². The standard InChI is InChI=1S/C11H14ClN3O2.C8H19N/c1-11(2,3)17-10(16)15-5-7-4-13-9(12)14-8(7)6-15;1-6-9(7(2)3)8(4)5/h4H,5-6H2,1-3H3;7-8H,6H2,1-5H3. The van der Waals surface area contributed by atoms with Crippen LogP contribution in [0.15, 0.2) is 6.20 Å². The molecule has 26 heavy (non-hydrogen) atoms. The molecule has 0 saturated carbocycles. The van der Waals surface area contributed by atoms with Gasteiger partial charge in [-0.15, -0.1) is 0 Å². The third-order valence-electron chi connectivity index (χ3n) is 3.97. The maximum Gasteiger partial charge on any atom is 0.410 e. The fourth-order valence-electron chi connectivity index (χ4n) is 2.91. The van der Waals surface area contributed by atoms with Crippen molar-refractivity contribution < 1.29 is 9.53 Å². The van der Waals surface area contributed by atoms with Gasteiger partial charge in [0.2, 0.25) is 5.28 Å². The molecular formula is C19H33ClN4O2. The molecule has 0 aliphatic carbocycles. The number of carbonyl (C=O) groups excluding carboxylic acids is 1. The fraction of sp³-hybridized carbons (Fsp3) is 0.737. The summed E-state index contributed by atoms with van der Waals surface area (Å²) in [5.74, 6) is 0. The zero-order valence-corrected chi connectivity index (χ0v) is 18.1. The van der Waals surface area contributed by atoms with E-state index in [2.05, 4.69) is 49.5 Å². The highest BCUT2D eigenvalue weighted by atomic mass is 35.5. The SMILES string of the molecule is CC(C)(C)OC(=O)N1Cc2cnc(Cl)nc2C1.CCN(C(C)C)C(C)C. The van der Waals surface area contributed by atoms with E-state index in [1.807, 2.05) is 20.8 Å². The Morgan fingerprint density at radius 2 is 1.85 bits per heavy atom. The van der Waals surface area contributed by atoms with Gasteiger partial charge in [-0.25, -0.2) is 14.8 Å². The minimum atomic E-state index is -0.491. The summed E-state index contributed by atoms with van der Waals surface area (Å²) in [6, 6.07) is 1.38. The number of amides is 1. The third-order valence-corrected chi connectivity index (χ3v) is 4.15. The molecule has 7 heteroatoms. The first-order valence-electron chi connectivity index (χ1n) is 9.18. The molecule has 0 atom stereocenters. The molecule has 1 aliphatic heterocycles. The summed E-state index contributed by atoms with van der Waals surface area (Å²) in [4.78, 5) is 23.9. The van der Waals surface area contributed by atoms with Crippen LogP contribution in [0.1, 0.15) is 66.6 Å². The lowest BCUT2D eigenvalue weighted by Crippen LogP contribution is -2.36. The predicted molar refractivity (Wildman–Crippen MR) is 105 cm³/mol. The smallest absolute Gasteiger partial charge is 0.410 e. The Kier molecular flexibility index (Phi) is 8.28. The van der Waals surface area contributed by atoms with Gasteiger partial charge in [-0.2, -0.15) is 0 Å². The van der Waals surface area contributed by atoms with Crippen LogP contribution in [0.2, 0.25) is 5.28 Å². The van der Waals surface area contributed by atoms with Crippen molar-refractivity contribution in [1.82, 2.24) is 19.8 Å². The molecule has 1 amide bonds. The number of fused-ring (bicyclic) bond motifs is 1. The van der Waals surface area contributed by atoms with Crippen molar-refractivity contribution in [2.45, 2.75) is 86.2 Å². The molecule has 1 aromatic heterocycles. The first kappa shape index (κ1) is 22.6. The lowest BCUT2D eigenvalue weighted by Gasteiger charge is -2.28. The van der Waals surface area contributed by atoms with Gasteiger partial charge in [0.05, 0.1) is 18.8 Å². The second-order valence-electron chi connectivity index (χ2n) is 7.97. The quantitative estimate of drug-likeness (QED) is 0.718. The van der Waals surface area contributed by atoms with Crippen LogP contribution in [0, 0.1) is 0 Å². The topological polar surface area (TPSA) is 58.6 Å². The summed E-state index contributed by atoms with van der Waals surface area (Å²) in [5.41, 5.74) is 1.21. The molecule has 0 saturated heterocycles. The number of aromatic nitrogens is 2. The van der Waals surface area contributed by atoms with E-state index < -0.39 is 5.60 Å². The van der Waals surface area contributed by atoms with Crippen LogP contribution in [0.25, 0.3) is 0 Å². The first-order valence-corrected chi connectivity index (χ1v) is 9.56. The van der Waals surface area contributed by atoms with Gasteiger partial charge in [0, 0.05) is 23.8 Å². The average Bonchev–Trinajstić information content (AvgIpc) is 2.89. The molecule has 0 bridgehead atoms. The van der Waals surface area contributed by atoms with Crippen LogP contribution in [0.4, 0.5) is 4.79 Å². The molecule has 0 spiro atoms. The van der Waals surface area contributed by atoms with Crippen molar-refractivity contribution >= 4 is 17.7 Å². The normalized spacial score (nSPS) is 13.8. The Bertz CT molecular complexity index is 592. The zero-order chi connectivity index (χ0) is 20.1. The van der Waals surface area contributed by atoms with Crippen molar-refractivity contribution in [2.24, 2.45) is 0 Å². The molecule has 1 aliphatic rings. The van der Waals surface area contributed by atoms with Crippen molar-refractivity contribution in [2.75, 3.05) is 6.54 Å². The van der Waals surface area contributed by atoms with Crippen molar-refractivity contribution in [3.05, 3.63) is 22.7 Å². The number of hydrogen-bond donors (Lipinski definition) is 0. The Hall–Kier alpha value is -1.40. The van der Waals surface area contributed by atoms with Crippen LogP contribution in [0.5, 0.6) is 0 Å². The van der Waals surface area contributed by atoms with E-state index in [0.29, 0.717) is 25.2 Å². The van der Waals surface area contributed by atoms with Gasteiger partial charge in [0.25, 0.3) is 0 Å². The summed E-state index contributed by atoms with van der Waals surface area (Å²) in [5, 5.41) is 0.204. The lowest BCUT2D eigenvalue weighted by atomic mass is 10.2. The van der Waals surface area contributed by atoms with Gasteiger partial charge in [-0.1, -0.05) is 6.92 Å². The lowest BCUT2D eigenvalue weighted by molar-refractivity contribution is 0.0240. The molecule has 0 fully saturated rings. The minimum Gasteiger partial charge on any atom is -0.444 e. The van der Waals surface area contributed by atoms with Crippen LogP contribution >= 0.6 is 11.6 Å². The Morgan fingerprint density at radius 3 is 2.27 bits per heavy atom. The van der Waals surface area contributed by atoms with E-state index in [9.17, 15) is 4.79 Å². The summed E-state index contributed by atoms with van der Waals surface area (Å²) < 4.78 is 5.29. The molecule has 1 aromatic rings. The number of hydrogen-bond acceptors (Lipinski definition) is 5. The van der Waals surface area contributed by atoms with E-state index in [-0.39, 0.29) is 11.4 Å². The second-order valence-corrected chi connectivity index (χ2v) is 8.30. The van der Waals surface area contributed by atoms with Gasteiger partial charge in [0.15, 0.2) is 0 Å². The number of carbonyl (C=O) groups is 1. The van der Waals surface area contributed by atoms with E-state index in [4.69, 9.17) is 16.3 Å². The predicted octanol–water partition coefficient (Wildman–Crippen LogP) is 4.51. The first-order chi connectivity index (χ1) is 11.9. The van der Waals surface area contributed by atoms with Gasteiger partial charge in [0.1, 0.15) is 5.60 Å². The highest BCUT2D eigenvalue weighted by Crippen LogP contribution is 2.23. The molecule has 2 rings (SSSR count). The summed E-state index contributed by atoms with van der Waals surface area (Å²) in [7, 11) is 0. The third kappa shape index (κ3) is 7.08. The average molecular weight is 385 g/mol. The Labute approximate surface area is 162 Å². The molecule has 2 heterocycles. The van der Waals surface area contributed by atoms with Gasteiger partial charge in [-0.3, -0.25) is 9.80 Å². The molecule has 6 nitrogen and oxygen atoms in total. The van der Waals surface area contributed by atoms with Crippen molar-refractivity contribution in [3.63, 3.8) is 0 Å². The van der Waals surface area contributed by atoms with Gasteiger partial charge < -0.3 is 4.74 Å². The van der Waals surface area contributed by atoms with Gasteiger partial charge in [-0.05, 0) is 66.6 Å². The molecular weight excluding hydrogens is 352 g/mol. The highest BCUT2D eigenvalue weighted by Gasteiger charge is 2.28. The van der Waals surface area contributed by atoms with Crippen molar-refractivity contribution in [1.29, 1.82) is 0 Å². The van der Waals surface area contributed by atoms with Gasteiger partial charge >= 0.3 is 6.09 Å². The van der Waals surface area contributed by atoms with Crippen LogP contribution < -0.4 is 0 Å². The zero-order valence-electron chi connectivity index (χ0n) is 17.3. The van der Waals surface area contributed by atoms with Crippen LogP contribution in [0.3, 0.4) is 0 Å². The highest BCUT2D eigenvalue weighted by molar-refractivity contribution is 6.28. The summed E-state index contributed by atoms with van der Waals surface area (Å²) in [6.07, 6.45) is 1.31.